The van der Waals surface area contributed by atoms with E-state index in [0.717, 1.165) is 0 Å². The number of aromatic nitrogens is 1. The molecule has 0 bridgehead atoms. The Kier molecular flexibility index (Phi) is 4.44. The van der Waals surface area contributed by atoms with Crippen molar-refractivity contribution in [3.63, 3.8) is 0 Å². The quantitative estimate of drug-likeness (QED) is 0.498. The van der Waals surface area contributed by atoms with E-state index in [2.05, 4.69) is 15.6 Å². The second-order valence-electron chi connectivity index (χ2n) is 3.98. The molecule has 1 aromatic carbocycles. The van der Waals surface area contributed by atoms with E-state index < -0.39 is 10.7 Å². The van der Waals surface area contributed by atoms with Crippen molar-refractivity contribution in [2.45, 2.75) is 0 Å². The summed E-state index contributed by atoms with van der Waals surface area (Å²) in [4.78, 5) is 14.4. The molecule has 6 nitrogen and oxygen atoms in total. The molecule has 0 fully saturated rings. The Morgan fingerprint density at radius 2 is 1.76 bits per heavy atom. The Morgan fingerprint density at radius 1 is 1.19 bits per heavy atom. The molecule has 0 spiro atoms. The summed E-state index contributed by atoms with van der Waals surface area (Å²) in [5.74, 6) is -0.218. The van der Waals surface area contributed by atoms with Gasteiger partial charge in [-0.25, -0.2) is 9.37 Å². The minimum atomic E-state index is -0.730. The molecular weight excluding hydrogens is 322 g/mol. The van der Waals surface area contributed by atoms with Crippen LogP contribution in [0.1, 0.15) is 0 Å². The number of rotatable bonds is 4. The predicted octanol–water partition coefficient (Wildman–Crippen LogP) is 4.22. The lowest BCUT2D eigenvalue weighted by Crippen LogP contribution is -2.00. The number of hydrogen-bond acceptors (Lipinski definition) is 5. The highest BCUT2D eigenvalue weighted by Crippen LogP contribution is 2.30. The van der Waals surface area contributed by atoms with Gasteiger partial charge in [-0.15, -0.1) is 0 Å². The zero-order valence-electron chi connectivity index (χ0n) is 10.7. The predicted molar refractivity (Wildman–Crippen MR) is 80.1 cm³/mol. The first-order valence-corrected chi connectivity index (χ1v) is 6.42. The van der Waals surface area contributed by atoms with Gasteiger partial charge in [0.1, 0.15) is 11.6 Å². The van der Waals surface area contributed by atoms with Crippen LogP contribution in [0.4, 0.5) is 27.4 Å². The Bertz CT molecular complexity index is 689. The number of anilines is 3. The molecule has 0 aliphatic rings. The molecule has 0 radical (unpaired) electrons. The highest BCUT2D eigenvalue weighted by atomic mass is 35.5. The van der Waals surface area contributed by atoms with Crippen molar-refractivity contribution < 1.29 is 9.31 Å². The molecule has 0 aliphatic carbocycles. The van der Waals surface area contributed by atoms with Gasteiger partial charge >= 0.3 is 0 Å². The van der Waals surface area contributed by atoms with Crippen molar-refractivity contribution in [1.29, 1.82) is 0 Å². The van der Waals surface area contributed by atoms with Gasteiger partial charge in [-0.2, -0.15) is 0 Å². The fourth-order valence-electron chi connectivity index (χ4n) is 1.59. The normalized spacial score (nSPS) is 10.3. The number of hydrogen-bond donors (Lipinski definition) is 2. The molecule has 0 atom stereocenters. The molecule has 1 aromatic heterocycles. The minimum Gasteiger partial charge on any atom is -0.373 e. The first-order valence-electron chi connectivity index (χ1n) is 5.66. The van der Waals surface area contributed by atoms with Crippen LogP contribution >= 0.6 is 23.2 Å². The third-order valence-corrected chi connectivity index (χ3v) is 3.08. The maximum atomic E-state index is 13.3. The second-order valence-corrected chi connectivity index (χ2v) is 4.80. The van der Waals surface area contributed by atoms with E-state index >= 15 is 0 Å². The summed E-state index contributed by atoms with van der Waals surface area (Å²) in [7, 11) is 1.58. The van der Waals surface area contributed by atoms with Crippen molar-refractivity contribution in [1.82, 2.24) is 4.98 Å². The summed E-state index contributed by atoms with van der Waals surface area (Å²) >= 11 is 11.4. The summed E-state index contributed by atoms with van der Waals surface area (Å²) in [6.07, 6.45) is 0. The van der Waals surface area contributed by atoms with Gasteiger partial charge in [0.15, 0.2) is 5.82 Å². The van der Waals surface area contributed by atoms with E-state index in [-0.39, 0.29) is 21.6 Å². The number of nitro groups is 1. The Balaban J connectivity index is 2.39. The summed E-state index contributed by atoms with van der Waals surface area (Å²) in [6.45, 7) is 0. The van der Waals surface area contributed by atoms with Crippen molar-refractivity contribution >= 4 is 46.2 Å². The summed E-state index contributed by atoms with van der Waals surface area (Å²) < 4.78 is 13.3. The van der Waals surface area contributed by atoms with Crippen LogP contribution in [0.15, 0.2) is 24.3 Å². The maximum Gasteiger partial charge on any atom is 0.276 e. The lowest BCUT2D eigenvalue weighted by Gasteiger charge is -2.09. The van der Waals surface area contributed by atoms with Gasteiger partial charge in [0, 0.05) is 12.7 Å². The topological polar surface area (TPSA) is 80.1 Å². The Morgan fingerprint density at radius 3 is 2.29 bits per heavy atom. The Labute approximate surface area is 129 Å². The standard InChI is InChI=1S/C12H9Cl2FN4O2/c1-16-10-4-7(19(20)21)5-11(18-10)17-6-2-8(13)12(15)9(14)3-6/h2-5H,1H3,(H2,16,17,18). The molecule has 0 amide bonds. The second kappa shape index (κ2) is 6.11. The molecule has 2 rings (SSSR count). The molecule has 110 valence electrons. The Hall–Kier alpha value is -2.12. The number of nitrogens with one attached hydrogen (secondary N) is 2. The van der Waals surface area contributed by atoms with Crippen molar-refractivity contribution in [2.24, 2.45) is 0 Å². The van der Waals surface area contributed by atoms with Gasteiger partial charge in [0.05, 0.1) is 27.1 Å². The smallest absolute Gasteiger partial charge is 0.276 e. The summed E-state index contributed by atoms with van der Waals surface area (Å²) in [5, 5.41) is 16.0. The number of halogens is 3. The first kappa shape index (κ1) is 15.3. The molecule has 1 heterocycles. The zero-order valence-corrected chi connectivity index (χ0v) is 12.2. The van der Waals surface area contributed by atoms with E-state index in [1.54, 1.807) is 7.05 Å². The van der Waals surface area contributed by atoms with Gasteiger partial charge in [-0.05, 0) is 12.1 Å². The van der Waals surface area contributed by atoms with E-state index in [1.807, 2.05) is 0 Å². The monoisotopic (exact) mass is 330 g/mol. The van der Waals surface area contributed by atoms with Gasteiger partial charge < -0.3 is 10.6 Å². The molecule has 0 unspecified atom stereocenters. The van der Waals surface area contributed by atoms with Gasteiger partial charge in [0.2, 0.25) is 0 Å². The van der Waals surface area contributed by atoms with Gasteiger partial charge in [-0.1, -0.05) is 23.2 Å². The number of nitrogens with zero attached hydrogens (tertiary/aromatic N) is 2. The maximum absolute atomic E-state index is 13.3. The molecule has 21 heavy (non-hydrogen) atoms. The van der Waals surface area contributed by atoms with E-state index in [1.165, 1.54) is 24.3 Å². The van der Waals surface area contributed by atoms with Crippen molar-refractivity contribution in [2.75, 3.05) is 17.7 Å². The van der Waals surface area contributed by atoms with Gasteiger partial charge in [-0.3, -0.25) is 10.1 Å². The van der Waals surface area contributed by atoms with Crippen LogP contribution in [0.3, 0.4) is 0 Å². The average Bonchev–Trinajstić information content (AvgIpc) is 2.44. The summed E-state index contributed by atoms with van der Waals surface area (Å²) in [5.41, 5.74) is 0.220. The lowest BCUT2D eigenvalue weighted by molar-refractivity contribution is -0.384. The van der Waals surface area contributed by atoms with Crippen molar-refractivity contribution in [3.05, 3.63) is 50.2 Å². The molecule has 9 heteroatoms. The van der Waals surface area contributed by atoms with Crippen LogP contribution in [0.2, 0.25) is 10.0 Å². The molecule has 0 aliphatic heterocycles. The van der Waals surface area contributed by atoms with E-state index in [4.69, 9.17) is 23.2 Å². The fraction of sp³-hybridized carbons (Fsp3) is 0.0833. The van der Waals surface area contributed by atoms with Crippen LogP contribution in [0.5, 0.6) is 0 Å². The fourth-order valence-corrected chi connectivity index (χ4v) is 2.08. The van der Waals surface area contributed by atoms with Crippen LogP contribution in [-0.2, 0) is 0 Å². The number of pyridine rings is 1. The minimum absolute atomic E-state index is 0.142. The zero-order chi connectivity index (χ0) is 15.6. The number of benzene rings is 1. The third-order valence-electron chi connectivity index (χ3n) is 2.53. The van der Waals surface area contributed by atoms with E-state index in [0.29, 0.717) is 11.5 Å². The molecule has 2 N–H and O–H groups in total. The van der Waals surface area contributed by atoms with Crippen molar-refractivity contribution in [3.8, 4) is 0 Å². The highest BCUT2D eigenvalue weighted by Gasteiger charge is 2.12. The largest absolute Gasteiger partial charge is 0.373 e. The van der Waals surface area contributed by atoms with Crippen LogP contribution in [0, 0.1) is 15.9 Å². The summed E-state index contributed by atoms with van der Waals surface area (Å²) in [6, 6.07) is 5.15. The van der Waals surface area contributed by atoms with Crippen LogP contribution in [-0.4, -0.2) is 17.0 Å². The SMILES string of the molecule is CNc1cc([N+](=O)[O-])cc(Nc2cc(Cl)c(F)c(Cl)c2)n1. The molecule has 2 aromatic rings. The molecule has 0 saturated heterocycles. The molecular formula is C12H9Cl2FN4O2. The first-order chi connectivity index (χ1) is 9.90. The highest BCUT2D eigenvalue weighted by molar-refractivity contribution is 6.35. The lowest BCUT2D eigenvalue weighted by atomic mass is 10.3. The van der Waals surface area contributed by atoms with E-state index in [9.17, 15) is 14.5 Å². The van der Waals surface area contributed by atoms with Crippen LogP contribution < -0.4 is 10.6 Å². The average molecular weight is 331 g/mol. The van der Waals surface area contributed by atoms with Gasteiger partial charge in [0.25, 0.3) is 5.69 Å². The molecule has 0 saturated carbocycles. The van der Waals surface area contributed by atoms with Crippen LogP contribution in [0.25, 0.3) is 0 Å². The third kappa shape index (κ3) is 3.50.